The van der Waals surface area contributed by atoms with Crippen LogP contribution in [0, 0.1) is 17.8 Å². The van der Waals surface area contributed by atoms with E-state index >= 15 is 0 Å². The SMILES string of the molecule is C[N+](C)(C)CC1C(C(=O)[O-])C1C(=O)O. The summed E-state index contributed by atoms with van der Waals surface area (Å²) in [5.74, 6) is -4.10. The minimum Gasteiger partial charge on any atom is -0.550 e. The van der Waals surface area contributed by atoms with E-state index in [4.69, 9.17) is 5.11 Å². The lowest BCUT2D eigenvalue weighted by Gasteiger charge is -2.24. The normalized spacial score (nSPS) is 31.2. The van der Waals surface area contributed by atoms with E-state index < -0.39 is 23.8 Å². The first kappa shape index (κ1) is 11.0. The maximum absolute atomic E-state index is 10.7. The van der Waals surface area contributed by atoms with Crippen LogP contribution in [0.15, 0.2) is 0 Å². The molecule has 0 heterocycles. The summed E-state index contributed by atoms with van der Waals surface area (Å²) in [6.07, 6.45) is 0. The molecule has 3 unspecified atom stereocenters. The molecule has 1 fully saturated rings. The molecule has 1 rings (SSSR count). The zero-order valence-corrected chi connectivity index (χ0v) is 8.56. The molecule has 0 aromatic carbocycles. The highest BCUT2D eigenvalue weighted by Crippen LogP contribution is 2.46. The number of carboxylic acid groups (broad SMARTS) is 2. The molecule has 0 saturated heterocycles. The third kappa shape index (κ3) is 2.23. The number of hydrogen-bond donors (Lipinski definition) is 1. The maximum Gasteiger partial charge on any atom is 0.307 e. The number of carboxylic acids is 2. The van der Waals surface area contributed by atoms with Crippen LogP contribution >= 0.6 is 0 Å². The van der Waals surface area contributed by atoms with E-state index in [0.717, 1.165) is 0 Å². The molecule has 5 heteroatoms. The molecular formula is C9H15NO4. The number of aliphatic carboxylic acids is 2. The molecule has 80 valence electrons. The van der Waals surface area contributed by atoms with Crippen LogP contribution in [0.2, 0.25) is 0 Å². The molecule has 1 saturated carbocycles. The molecule has 0 aromatic rings. The molecule has 0 amide bonds. The number of hydrogen-bond acceptors (Lipinski definition) is 3. The quantitative estimate of drug-likeness (QED) is 0.555. The first-order valence-corrected chi connectivity index (χ1v) is 4.48. The van der Waals surface area contributed by atoms with Gasteiger partial charge in [0.05, 0.1) is 33.6 Å². The van der Waals surface area contributed by atoms with Crippen molar-refractivity contribution in [2.45, 2.75) is 0 Å². The van der Waals surface area contributed by atoms with Crippen molar-refractivity contribution < 1.29 is 24.3 Å². The smallest absolute Gasteiger partial charge is 0.307 e. The molecule has 14 heavy (non-hydrogen) atoms. The van der Waals surface area contributed by atoms with Crippen molar-refractivity contribution >= 4 is 11.9 Å². The summed E-state index contributed by atoms with van der Waals surface area (Å²) in [5.41, 5.74) is 0. The zero-order valence-electron chi connectivity index (χ0n) is 8.56. The number of carbonyl (C=O) groups excluding carboxylic acids is 1. The van der Waals surface area contributed by atoms with Crippen LogP contribution in [-0.2, 0) is 9.59 Å². The van der Waals surface area contributed by atoms with E-state index in [1.54, 1.807) is 0 Å². The van der Waals surface area contributed by atoms with Crippen molar-refractivity contribution in [1.82, 2.24) is 0 Å². The predicted molar refractivity (Wildman–Crippen MR) is 46.0 cm³/mol. The average Bonchev–Trinajstić information content (AvgIpc) is 2.57. The second kappa shape index (κ2) is 3.24. The molecule has 0 spiro atoms. The third-order valence-corrected chi connectivity index (χ3v) is 2.48. The Kier molecular flexibility index (Phi) is 2.54. The van der Waals surface area contributed by atoms with Gasteiger partial charge in [0.25, 0.3) is 0 Å². The summed E-state index contributed by atoms with van der Waals surface area (Å²) in [6, 6.07) is 0. The lowest BCUT2D eigenvalue weighted by atomic mass is 10.3. The lowest BCUT2D eigenvalue weighted by Crippen LogP contribution is -2.37. The largest absolute Gasteiger partial charge is 0.550 e. The summed E-state index contributed by atoms with van der Waals surface area (Å²) in [7, 11) is 5.72. The monoisotopic (exact) mass is 201 g/mol. The Labute approximate surface area is 82.5 Å². The molecule has 5 nitrogen and oxygen atoms in total. The summed E-state index contributed by atoms with van der Waals surface area (Å²) >= 11 is 0. The van der Waals surface area contributed by atoms with E-state index in [0.29, 0.717) is 11.0 Å². The minimum absolute atomic E-state index is 0.280. The van der Waals surface area contributed by atoms with Gasteiger partial charge in [-0.25, -0.2) is 0 Å². The predicted octanol–water partition coefficient (Wildman–Crippen LogP) is -1.61. The second-order valence-corrected chi connectivity index (χ2v) is 4.85. The number of rotatable bonds is 4. The Bertz CT molecular complexity index is 248. The van der Waals surface area contributed by atoms with E-state index in [2.05, 4.69) is 0 Å². The molecule has 0 aliphatic heterocycles. The van der Waals surface area contributed by atoms with Crippen LogP contribution in [0.3, 0.4) is 0 Å². The fourth-order valence-electron chi connectivity index (χ4n) is 1.89. The van der Waals surface area contributed by atoms with Gasteiger partial charge in [-0.1, -0.05) is 0 Å². The molecule has 0 bridgehead atoms. The zero-order chi connectivity index (χ0) is 11.1. The van der Waals surface area contributed by atoms with Crippen molar-refractivity contribution in [3.8, 4) is 0 Å². The molecule has 1 aliphatic rings. The first-order valence-electron chi connectivity index (χ1n) is 4.48. The summed E-state index contributed by atoms with van der Waals surface area (Å²) < 4.78 is 0.568. The summed E-state index contributed by atoms with van der Waals surface area (Å²) in [6.45, 7) is 0.551. The fourth-order valence-corrected chi connectivity index (χ4v) is 1.89. The van der Waals surface area contributed by atoms with Gasteiger partial charge < -0.3 is 19.5 Å². The summed E-state index contributed by atoms with van der Waals surface area (Å²) in [4.78, 5) is 21.3. The van der Waals surface area contributed by atoms with E-state index in [1.807, 2.05) is 21.1 Å². The Balaban J connectivity index is 2.64. The van der Waals surface area contributed by atoms with E-state index in [-0.39, 0.29) is 5.92 Å². The molecular weight excluding hydrogens is 186 g/mol. The van der Waals surface area contributed by atoms with Gasteiger partial charge in [-0.05, 0) is 0 Å². The van der Waals surface area contributed by atoms with Crippen molar-refractivity contribution in [3.63, 3.8) is 0 Å². The highest BCUT2D eigenvalue weighted by molar-refractivity contribution is 5.85. The maximum atomic E-state index is 10.7. The van der Waals surface area contributed by atoms with Gasteiger partial charge in [-0.15, -0.1) is 0 Å². The number of quaternary nitrogens is 1. The highest BCUT2D eigenvalue weighted by atomic mass is 16.4. The van der Waals surface area contributed by atoms with Gasteiger partial charge >= 0.3 is 5.97 Å². The topological polar surface area (TPSA) is 77.4 Å². The van der Waals surface area contributed by atoms with Crippen LogP contribution < -0.4 is 5.11 Å². The fraction of sp³-hybridized carbons (Fsp3) is 0.778. The van der Waals surface area contributed by atoms with Gasteiger partial charge in [0, 0.05) is 17.8 Å². The molecule has 0 aromatic heterocycles. The van der Waals surface area contributed by atoms with Gasteiger partial charge in [-0.3, -0.25) is 4.79 Å². The second-order valence-electron chi connectivity index (χ2n) is 4.85. The minimum atomic E-state index is -1.24. The summed E-state index contributed by atoms with van der Waals surface area (Å²) in [5, 5.41) is 19.3. The Morgan fingerprint density at radius 3 is 2.00 bits per heavy atom. The van der Waals surface area contributed by atoms with Gasteiger partial charge in [0.1, 0.15) is 0 Å². The first-order chi connectivity index (χ1) is 6.24. The van der Waals surface area contributed by atoms with Crippen molar-refractivity contribution in [3.05, 3.63) is 0 Å². The highest BCUT2D eigenvalue weighted by Gasteiger charge is 2.58. The van der Waals surface area contributed by atoms with Crippen molar-refractivity contribution in [1.29, 1.82) is 0 Å². The average molecular weight is 201 g/mol. The van der Waals surface area contributed by atoms with Crippen LogP contribution in [0.5, 0.6) is 0 Å². The number of carbonyl (C=O) groups is 2. The molecule has 3 atom stereocenters. The van der Waals surface area contributed by atoms with E-state index in [1.165, 1.54) is 0 Å². The van der Waals surface area contributed by atoms with Crippen LogP contribution in [0.1, 0.15) is 0 Å². The number of nitrogens with zero attached hydrogens (tertiary/aromatic N) is 1. The van der Waals surface area contributed by atoms with Crippen molar-refractivity contribution in [2.75, 3.05) is 27.7 Å². The lowest BCUT2D eigenvalue weighted by molar-refractivity contribution is -0.872. The Morgan fingerprint density at radius 2 is 1.79 bits per heavy atom. The Hall–Kier alpha value is -1.10. The van der Waals surface area contributed by atoms with Gasteiger partial charge in [0.15, 0.2) is 0 Å². The van der Waals surface area contributed by atoms with Gasteiger partial charge in [-0.2, -0.15) is 0 Å². The van der Waals surface area contributed by atoms with E-state index in [9.17, 15) is 14.7 Å². The Morgan fingerprint density at radius 1 is 1.29 bits per heavy atom. The molecule has 1 aliphatic carbocycles. The van der Waals surface area contributed by atoms with Gasteiger partial charge in [0.2, 0.25) is 0 Å². The third-order valence-electron chi connectivity index (χ3n) is 2.48. The standard InChI is InChI=1S/C9H15NO4/c1-10(2,3)4-5-6(8(11)12)7(5)9(13)14/h5-7H,4H2,1-3H3,(H-,11,12,13,14). The van der Waals surface area contributed by atoms with Crippen molar-refractivity contribution in [2.24, 2.45) is 17.8 Å². The molecule has 1 N–H and O–H groups in total. The van der Waals surface area contributed by atoms with Crippen LogP contribution in [0.25, 0.3) is 0 Å². The van der Waals surface area contributed by atoms with Crippen LogP contribution in [-0.4, -0.2) is 49.2 Å². The van der Waals surface area contributed by atoms with Crippen LogP contribution in [0.4, 0.5) is 0 Å². The molecule has 0 radical (unpaired) electrons.